The molecule has 0 unspecified atom stereocenters. The number of nitrogens with one attached hydrogen (secondary N) is 1. The number of H-pyrrole nitrogens is 1. The first-order valence-electron chi connectivity index (χ1n) is 9.12. The Morgan fingerprint density at radius 1 is 1.26 bits per heavy atom. The molecule has 0 radical (unpaired) electrons. The molecule has 27 heavy (non-hydrogen) atoms. The van der Waals surface area contributed by atoms with Crippen molar-refractivity contribution in [1.82, 2.24) is 25.0 Å². The van der Waals surface area contributed by atoms with Crippen molar-refractivity contribution in [2.75, 3.05) is 25.4 Å². The Morgan fingerprint density at radius 2 is 2.07 bits per heavy atom. The number of aromatic amines is 1. The Bertz CT molecular complexity index is 835. The number of nitrogens with zero attached hydrogens (tertiary/aromatic N) is 4. The molecule has 0 bridgehead atoms. The van der Waals surface area contributed by atoms with Crippen LogP contribution in [0.15, 0.2) is 23.4 Å². The second-order valence-corrected chi connectivity index (χ2v) is 7.70. The van der Waals surface area contributed by atoms with Gasteiger partial charge < -0.3 is 9.80 Å². The van der Waals surface area contributed by atoms with E-state index in [-0.39, 0.29) is 24.1 Å². The molecule has 1 saturated heterocycles. The van der Waals surface area contributed by atoms with Crippen LogP contribution in [0.2, 0.25) is 0 Å². The quantitative estimate of drug-likeness (QED) is 0.766. The first-order valence-corrected chi connectivity index (χ1v) is 10.1. The van der Waals surface area contributed by atoms with Crippen LogP contribution in [0.25, 0.3) is 0 Å². The van der Waals surface area contributed by atoms with E-state index in [9.17, 15) is 9.59 Å². The van der Waals surface area contributed by atoms with Gasteiger partial charge in [0.1, 0.15) is 5.82 Å². The number of thioether (sulfide) groups is 1. The fourth-order valence-electron chi connectivity index (χ4n) is 2.93. The molecular formula is C19H25N5O2S. The third-order valence-corrected chi connectivity index (χ3v) is 5.62. The Labute approximate surface area is 163 Å². The van der Waals surface area contributed by atoms with E-state index in [0.717, 1.165) is 17.8 Å². The molecule has 1 fully saturated rings. The Hall–Kier alpha value is -2.35. The Kier molecular flexibility index (Phi) is 6.15. The molecule has 144 valence electrons. The summed E-state index contributed by atoms with van der Waals surface area (Å²) in [5.74, 6) is 0.983. The molecule has 8 heteroatoms. The number of aromatic nitrogens is 3. The van der Waals surface area contributed by atoms with Crippen LogP contribution in [-0.4, -0.2) is 62.2 Å². The van der Waals surface area contributed by atoms with E-state index in [2.05, 4.69) is 47.2 Å². The molecule has 0 saturated carbocycles. The van der Waals surface area contributed by atoms with E-state index >= 15 is 0 Å². The van der Waals surface area contributed by atoms with Gasteiger partial charge in [0.05, 0.1) is 12.3 Å². The van der Waals surface area contributed by atoms with Gasteiger partial charge in [0, 0.05) is 26.1 Å². The van der Waals surface area contributed by atoms with Gasteiger partial charge in [-0.05, 0) is 30.5 Å². The molecule has 2 heterocycles. The highest BCUT2D eigenvalue weighted by Crippen LogP contribution is 2.16. The molecule has 1 aromatic carbocycles. The summed E-state index contributed by atoms with van der Waals surface area (Å²) in [6.07, 6.45) is 0.776. The number of carbonyl (C=O) groups is 2. The fourth-order valence-corrected chi connectivity index (χ4v) is 3.65. The molecule has 7 nitrogen and oxygen atoms in total. The first-order chi connectivity index (χ1) is 13.0. The van der Waals surface area contributed by atoms with Crippen LogP contribution in [0.4, 0.5) is 0 Å². The molecule has 0 aliphatic carbocycles. The zero-order chi connectivity index (χ0) is 19.4. The number of amides is 2. The summed E-state index contributed by atoms with van der Waals surface area (Å²) in [6.45, 7) is 7.99. The topological polar surface area (TPSA) is 82.2 Å². The summed E-state index contributed by atoms with van der Waals surface area (Å²) < 4.78 is 0. The lowest BCUT2D eigenvalue weighted by Gasteiger charge is -2.34. The monoisotopic (exact) mass is 387 g/mol. The van der Waals surface area contributed by atoms with Gasteiger partial charge in [-0.1, -0.05) is 36.9 Å². The van der Waals surface area contributed by atoms with E-state index < -0.39 is 0 Å². The number of hydrogen-bond acceptors (Lipinski definition) is 5. The second-order valence-electron chi connectivity index (χ2n) is 6.76. The predicted molar refractivity (Wildman–Crippen MR) is 104 cm³/mol. The number of benzene rings is 1. The minimum Gasteiger partial charge on any atom is -0.335 e. The van der Waals surface area contributed by atoms with Gasteiger partial charge in [-0.2, -0.15) is 0 Å². The molecular weight excluding hydrogens is 362 g/mol. The number of piperazine rings is 1. The van der Waals surface area contributed by atoms with Crippen molar-refractivity contribution in [1.29, 1.82) is 0 Å². The highest BCUT2D eigenvalue weighted by molar-refractivity contribution is 7.99. The minimum absolute atomic E-state index is 0.0102. The van der Waals surface area contributed by atoms with Gasteiger partial charge >= 0.3 is 0 Å². The molecule has 0 spiro atoms. The summed E-state index contributed by atoms with van der Waals surface area (Å²) in [4.78, 5) is 32.6. The SMILES string of the molecule is CCc1nc(SCC(=O)N2CCN(Cc3ccc(C)c(C)c3)C(=O)C2)n[nH]1. The van der Waals surface area contributed by atoms with Crippen LogP contribution < -0.4 is 0 Å². The third kappa shape index (κ3) is 4.88. The van der Waals surface area contributed by atoms with Crippen molar-refractivity contribution < 1.29 is 9.59 Å². The third-order valence-electron chi connectivity index (χ3n) is 4.79. The highest BCUT2D eigenvalue weighted by atomic mass is 32.2. The smallest absolute Gasteiger partial charge is 0.242 e. The van der Waals surface area contributed by atoms with Crippen LogP contribution >= 0.6 is 11.8 Å². The normalized spacial score (nSPS) is 14.7. The number of carbonyl (C=O) groups excluding carboxylic acids is 2. The molecule has 2 aromatic rings. The van der Waals surface area contributed by atoms with Crippen LogP contribution in [0, 0.1) is 13.8 Å². The van der Waals surface area contributed by atoms with Crippen LogP contribution in [0.5, 0.6) is 0 Å². The molecule has 1 aliphatic heterocycles. The molecule has 2 amide bonds. The minimum atomic E-state index is -0.0537. The summed E-state index contributed by atoms with van der Waals surface area (Å²) in [5.41, 5.74) is 3.59. The Balaban J connectivity index is 1.50. The van der Waals surface area contributed by atoms with Gasteiger partial charge in [-0.3, -0.25) is 14.7 Å². The Morgan fingerprint density at radius 3 is 2.74 bits per heavy atom. The summed E-state index contributed by atoms with van der Waals surface area (Å²) in [6, 6.07) is 6.27. The zero-order valence-corrected chi connectivity index (χ0v) is 16.8. The lowest BCUT2D eigenvalue weighted by Crippen LogP contribution is -2.52. The van der Waals surface area contributed by atoms with Crippen LogP contribution in [0.3, 0.4) is 0 Å². The first kappa shape index (κ1) is 19.4. The molecule has 0 atom stereocenters. The lowest BCUT2D eigenvalue weighted by atomic mass is 10.1. The van der Waals surface area contributed by atoms with E-state index in [1.54, 1.807) is 4.90 Å². The van der Waals surface area contributed by atoms with E-state index in [4.69, 9.17) is 0 Å². The van der Waals surface area contributed by atoms with Crippen molar-refractivity contribution in [3.8, 4) is 0 Å². The molecule has 3 rings (SSSR count). The van der Waals surface area contributed by atoms with Gasteiger partial charge in [0.2, 0.25) is 17.0 Å². The van der Waals surface area contributed by atoms with Crippen molar-refractivity contribution in [3.63, 3.8) is 0 Å². The maximum atomic E-state index is 12.5. The van der Waals surface area contributed by atoms with Gasteiger partial charge in [0.15, 0.2) is 0 Å². The molecule has 1 N–H and O–H groups in total. The lowest BCUT2D eigenvalue weighted by molar-refractivity contribution is -0.144. The fraction of sp³-hybridized carbons (Fsp3) is 0.474. The molecule has 1 aromatic heterocycles. The highest BCUT2D eigenvalue weighted by Gasteiger charge is 2.27. The van der Waals surface area contributed by atoms with Gasteiger partial charge in [-0.15, -0.1) is 5.10 Å². The summed E-state index contributed by atoms with van der Waals surface area (Å²) in [5, 5.41) is 7.48. The van der Waals surface area contributed by atoms with E-state index in [1.165, 1.54) is 22.9 Å². The number of hydrogen-bond donors (Lipinski definition) is 1. The maximum Gasteiger partial charge on any atom is 0.242 e. The number of rotatable bonds is 6. The van der Waals surface area contributed by atoms with Crippen molar-refractivity contribution in [3.05, 3.63) is 40.7 Å². The average molecular weight is 388 g/mol. The van der Waals surface area contributed by atoms with Crippen LogP contribution in [-0.2, 0) is 22.6 Å². The van der Waals surface area contributed by atoms with Crippen molar-refractivity contribution >= 4 is 23.6 Å². The van der Waals surface area contributed by atoms with Gasteiger partial charge in [0.25, 0.3) is 0 Å². The average Bonchev–Trinajstić information content (AvgIpc) is 3.12. The standard InChI is InChI=1S/C19H25N5O2S/c1-4-16-20-19(22-21-16)27-12-18(26)24-8-7-23(17(25)11-24)10-15-6-5-13(2)14(3)9-15/h5-6,9H,4,7-8,10-12H2,1-3H3,(H,20,21,22). The van der Waals surface area contributed by atoms with E-state index in [1.807, 2.05) is 11.8 Å². The van der Waals surface area contributed by atoms with E-state index in [0.29, 0.717) is 24.8 Å². The van der Waals surface area contributed by atoms with Gasteiger partial charge in [-0.25, -0.2) is 4.98 Å². The van der Waals surface area contributed by atoms with Crippen molar-refractivity contribution in [2.24, 2.45) is 0 Å². The second kappa shape index (κ2) is 8.56. The number of aryl methyl sites for hydroxylation is 3. The van der Waals surface area contributed by atoms with Crippen molar-refractivity contribution in [2.45, 2.75) is 38.9 Å². The zero-order valence-electron chi connectivity index (χ0n) is 16.0. The van der Waals surface area contributed by atoms with Crippen LogP contribution in [0.1, 0.15) is 29.4 Å². The summed E-state index contributed by atoms with van der Waals surface area (Å²) in [7, 11) is 0. The maximum absolute atomic E-state index is 12.5. The molecule has 1 aliphatic rings. The predicted octanol–water partition coefficient (Wildman–Crippen LogP) is 1.95. The largest absolute Gasteiger partial charge is 0.335 e. The summed E-state index contributed by atoms with van der Waals surface area (Å²) >= 11 is 1.30.